The highest BCUT2D eigenvalue weighted by Crippen LogP contribution is 2.25. The van der Waals surface area contributed by atoms with Crippen molar-refractivity contribution in [2.75, 3.05) is 6.61 Å². The molecule has 26 heavy (non-hydrogen) atoms. The third-order valence-electron chi connectivity index (χ3n) is 4.10. The van der Waals surface area contributed by atoms with E-state index in [1.54, 1.807) is 19.9 Å². The van der Waals surface area contributed by atoms with Crippen LogP contribution in [0.25, 0.3) is 10.8 Å². The number of esters is 1. The normalized spacial score (nSPS) is 12.9. The van der Waals surface area contributed by atoms with Gasteiger partial charge in [-0.1, -0.05) is 38.1 Å². The summed E-state index contributed by atoms with van der Waals surface area (Å²) in [4.78, 5) is 24.5. The minimum atomic E-state index is -0.543. The summed E-state index contributed by atoms with van der Waals surface area (Å²) in [5, 5.41) is 15.8. The van der Waals surface area contributed by atoms with Crippen LogP contribution in [0, 0.1) is 11.8 Å². The third-order valence-corrected chi connectivity index (χ3v) is 4.10. The Bertz CT molecular complexity index is 843. The van der Waals surface area contributed by atoms with E-state index in [9.17, 15) is 14.7 Å². The van der Waals surface area contributed by atoms with Gasteiger partial charge in [0, 0.05) is 5.71 Å². The Kier molecular flexibility index (Phi) is 6.33. The maximum atomic E-state index is 12.4. The van der Waals surface area contributed by atoms with E-state index in [-0.39, 0.29) is 29.8 Å². The summed E-state index contributed by atoms with van der Waals surface area (Å²) in [6.07, 6.45) is 0. The number of hydrazone groups is 1. The highest BCUT2D eigenvalue weighted by molar-refractivity contribution is 6.04. The predicted octanol–water partition coefficient (Wildman–Crippen LogP) is 3.49. The number of phenolic OH excluding ortho intramolecular Hbond substituents is 1. The molecule has 6 heteroatoms. The van der Waals surface area contributed by atoms with E-state index in [1.807, 2.05) is 38.1 Å². The molecule has 0 unspecified atom stereocenters. The van der Waals surface area contributed by atoms with Crippen LogP contribution in [-0.2, 0) is 9.53 Å². The average molecular weight is 356 g/mol. The number of carbonyl (C=O) groups excluding carboxylic acids is 2. The molecular weight excluding hydrogens is 332 g/mol. The van der Waals surface area contributed by atoms with Gasteiger partial charge in [0.25, 0.3) is 5.91 Å². The van der Waals surface area contributed by atoms with E-state index in [1.165, 1.54) is 6.07 Å². The maximum Gasteiger partial charge on any atom is 0.314 e. The Morgan fingerprint density at radius 1 is 1.19 bits per heavy atom. The largest absolute Gasteiger partial charge is 0.507 e. The second-order valence-electron chi connectivity index (χ2n) is 6.38. The quantitative estimate of drug-likeness (QED) is 0.471. The molecule has 2 aromatic rings. The first-order valence-corrected chi connectivity index (χ1v) is 8.58. The molecule has 0 aliphatic heterocycles. The maximum absolute atomic E-state index is 12.4. The van der Waals surface area contributed by atoms with Crippen LogP contribution < -0.4 is 5.43 Å². The highest BCUT2D eigenvalue weighted by atomic mass is 16.5. The molecule has 0 saturated heterocycles. The number of hydrogen-bond acceptors (Lipinski definition) is 5. The molecule has 0 spiro atoms. The average Bonchev–Trinajstić information content (AvgIpc) is 2.59. The lowest BCUT2D eigenvalue weighted by Crippen LogP contribution is -2.31. The molecule has 138 valence electrons. The van der Waals surface area contributed by atoms with Gasteiger partial charge in [-0.2, -0.15) is 5.10 Å². The molecule has 0 fully saturated rings. The van der Waals surface area contributed by atoms with Gasteiger partial charge in [-0.25, -0.2) is 5.43 Å². The first kappa shape index (κ1) is 19.4. The van der Waals surface area contributed by atoms with Crippen LogP contribution >= 0.6 is 0 Å². The Hall–Kier alpha value is -2.89. The molecule has 6 nitrogen and oxygen atoms in total. The summed E-state index contributed by atoms with van der Waals surface area (Å²) >= 11 is 0. The van der Waals surface area contributed by atoms with Crippen LogP contribution in [0.4, 0.5) is 0 Å². The topological polar surface area (TPSA) is 88.0 Å². The molecule has 1 amide bonds. The van der Waals surface area contributed by atoms with E-state index in [2.05, 4.69) is 10.5 Å². The van der Waals surface area contributed by atoms with Crippen molar-refractivity contribution in [2.24, 2.45) is 16.9 Å². The Morgan fingerprint density at radius 2 is 1.81 bits per heavy atom. The van der Waals surface area contributed by atoms with Crippen LogP contribution in [0.3, 0.4) is 0 Å². The molecule has 0 aliphatic carbocycles. The smallest absolute Gasteiger partial charge is 0.314 e. The van der Waals surface area contributed by atoms with Crippen molar-refractivity contribution in [3.05, 3.63) is 42.0 Å². The first-order valence-electron chi connectivity index (χ1n) is 8.58. The number of amides is 1. The van der Waals surface area contributed by atoms with E-state index >= 15 is 0 Å². The molecule has 2 aromatic carbocycles. The number of rotatable bonds is 6. The number of aromatic hydroxyl groups is 1. The van der Waals surface area contributed by atoms with Crippen molar-refractivity contribution < 1.29 is 19.4 Å². The summed E-state index contributed by atoms with van der Waals surface area (Å²) < 4.78 is 5.07. The summed E-state index contributed by atoms with van der Waals surface area (Å²) in [5.74, 6) is -1.60. The van der Waals surface area contributed by atoms with Crippen LogP contribution in [0.15, 0.2) is 41.5 Å². The summed E-state index contributed by atoms with van der Waals surface area (Å²) in [6, 6.07) is 10.6. The number of fused-ring (bicyclic) bond motifs is 1. The van der Waals surface area contributed by atoms with Gasteiger partial charge in [0.05, 0.1) is 18.1 Å². The molecule has 2 N–H and O–H groups in total. The zero-order valence-electron chi connectivity index (χ0n) is 15.4. The number of benzene rings is 2. The molecule has 2 rings (SSSR count). The molecule has 0 aliphatic rings. The fraction of sp³-hybridized carbons (Fsp3) is 0.350. The van der Waals surface area contributed by atoms with Crippen molar-refractivity contribution in [1.82, 2.24) is 5.43 Å². The van der Waals surface area contributed by atoms with Gasteiger partial charge in [0.1, 0.15) is 5.75 Å². The number of phenols is 1. The van der Waals surface area contributed by atoms with Crippen molar-refractivity contribution >= 4 is 28.4 Å². The number of ether oxygens (including phenoxy) is 1. The van der Waals surface area contributed by atoms with Crippen molar-refractivity contribution in [3.63, 3.8) is 0 Å². The highest BCUT2D eigenvalue weighted by Gasteiger charge is 2.27. The fourth-order valence-electron chi connectivity index (χ4n) is 2.84. The standard InChI is InChI=1S/C20H24N2O4/c1-5-26-20(25)18(12(2)3)13(4)21-22-19(24)16-10-14-8-6-7-9-15(14)11-17(16)23/h6-12,18,23H,5H2,1-4H3,(H,22,24)/b21-13-/t18-/m0/s1. The zero-order valence-corrected chi connectivity index (χ0v) is 15.4. The Labute approximate surface area is 152 Å². The minimum Gasteiger partial charge on any atom is -0.507 e. The van der Waals surface area contributed by atoms with Gasteiger partial charge in [0.15, 0.2) is 0 Å². The van der Waals surface area contributed by atoms with Gasteiger partial charge in [-0.15, -0.1) is 0 Å². The van der Waals surface area contributed by atoms with E-state index in [4.69, 9.17) is 4.74 Å². The van der Waals surface area contributed by atoms with Gasteiger partial charge in [-0.05, 0) is 42.7 Å². The van der Waals surface area contributed by atoms with Gasteiger partial charge in [0.2, 0.25) is 0 Å². The number of nitrogens with one attached hydrogen (secondary N) is 1. The third kappa shape index (κ3) is 4.39. The van der Waals surface area contributed by atoms with Crippen LogP contribution in [0.2, 0.25) is 0 Å². The Morgan fingerprint density at radius 3 is 2.38 bits per heavy atom. The molecule has 0 saturated carbocycles. The van der Waals surface area contributed by atoms with E-state index < -0.39 is 11.8 Å². The molecule has 0 bridgehead atoms. The van der Waals surface area contributed by atoms with Crippen LogP contribution in [-0.4, -0.2) is 29.3 Å². The second-order valence-corrected chi connectivity index (χ2v) is 6.38. The van der Waals surface area contributed by atoms with Crippen molar-refractivity contribution in [1.29, 1.82) is 0 Å². The molecule has 0 aromatic heterocycles. The minimum absolute atomic E-state index is 0.0243. The predicted molar refractivity (Wildman–Crippen MR) is 101 cm³/mol. The monoisotopic (exact) mass is 356 g/mol. The number of hydrogen-bond donors (Lipinski definition) is 2. The lowest BCUT2D eigenvalue weighted by molar-refractivity contribution is -0.146. The SMILES string of the molecule is CCOC(=O)[C@H](/C(C)=N\NC(=O)c1cc2ccccc2cc1O)C(C)C. The molecular formula is C20H24N2O4. The summed E-state index contributed by atoms with van der Waals surface area (Å²) in [5.41, 5.74) is 2.99. The van der Waals surface area contributed by atoms with Gasteiger partial charge >= 0.3 is 5.97 Å². The van der Waals surface area contributed by atoms with E-state index in [0.717, 1.165) is 10.8 Å². The Balaban J connectivity index is 2.22. The lowest BCUT2D eigenvalue weighted by atomic mass is 9.92. The summed E-state index contributed by atoms with van der Waals surface area (Å²) in [6.45, 7) is 7.47. The number of nitrogens with zero attached hydrogens (tertiary/aromatic N) is 1. The molecule has 1 atom stereocenters. The molecule has 0 radical (unpaired) electrons. The van der Waals surface area contributed by atoms with Gasteiger partial charge < -0.3 is 9.84 Å². The first-order chi connectivity index (χ1) is 12.3. The van der Waals surface area contributed by atoms with Crippen LogP contribution in [0.5, 0.6) is 5.75 Å². The zero-order chi connectivity index (χ0) is 19.3. The lowest BCUT2D eigenvalue weighted by Gasteiger charge is -2.18. The molecule has 0 heterocycles. The van der Waals surface area contributed by atoms with Crippen molar-refractivity contribution in [2.45, 2.75) is 27.7 Å². The van der Waals surface area contributed by atoms with Gasteiger partial charge in [-0.3, -0.25) is 9.59 Å². The number of carbonyl (C=O) groups is 2. The van der Waals surface area contributed by atoms with Crippen molar-refractivity contribution in [3.8, 4) is 5.75 Å². The van der Waals surface area contributed by atoms with E-state index in [0.29, 0.717) is 5.71 Å². The second kappa shape index (κ2) is 8.47. The fourth-order valence-corrected chi connectivity index (χ4v) is 2.84. The summed E-state index contributed by atoms with van der Waals surface area (Å²) in [7, 11) is 0. The van der Waals surface area contributed by atoms with Crippen LogP contribution in [0.1, 0.15) is 38.1 Å².